The van der Waals surface area contributed by atoms with Gasteiger partial charge in [0.15, 0.2) is 12.2 Å². The molecule has 0 aromatic carbocycles. The second-order valence-electron chi connectivity index (χ2n) is 3.11. The van der Waals surface area contributed by atoms with Crippen LogP contribution in [0, 0.1) is 11.3 Å². The van der Waals surface area contributed by atoms with Gasteiger partial charge in [0.25, 0.3) is 10.1 Å². The lowest BCUT2D eigenvalue weighted by Crippen LogP contribution is -2.09. The van der Waals surface area contributed by atoms with Crippen molar-refractivity contribution >= 4 is 22.4 Å². The van der Waals surface area contributed by atoms with Crippen molar-refractivity contribution < 1.29 is 17.3 Å². The molecule has 8 nitrogen and oxygen atoms in total. The number of ether oxygens (including phenoxy) is 1. The van der Waals surface area contributed by atoms with Gasteiger partial charge in [-0.05, 0) is 6.92 Å². The number of nitrogens with two attached hydrogens (primary N) is 1. The zero-order chi connectivity index (χ0) is 14.7. The van der Waals surface area contributed by atoms with Crippen molar-refractivity contribution in [1.82, 2.24) is 0 Å². The predicted octanol–water partition coefficient (Wildman–Crippen LogP) is -0.208. The zero-order valence-corrected chi connectivity index (χ0v) is 11.6. The van der Waals surface area contributed by atoms with Gasteiger partial charge in [-0.3, -0.25) is 9.18 Å². The van der Waals surface area contributed by atoms with Crippen LogP contribution in [0.3, 0.4) is 0 Å². The fraction of sp³-hybridized carbons (Fsp3) is 0.500. The molecule has 0 fully saturated rings. The van der Waals surface area contributed by atoms with Crippen LogP contribution in [0.1, 0.15) is 6.92 Å². The first-order valence-electron chi connectivity index (χ1n) is 5.30. The van der Waals surface area contributed by atoms with Crippen LogP contribution in [0.5, 0.6) is 0 Å². The highest BCUT2D eigenvalue weighted by atomic mass is 32.2. The van der Waals surface area contributed by atoms with Crippen LogP contribution in [0.15, 0.2) is 21.8 Å². The van der Waals surface area contributed by atoms with E-state index >= 15 is 0 Å². The summed E-state index contributed by atoms with van der Waals surface area (Å²) in [5.74, 6) is 0.0514. The second-order valence-corrected chi connectivity index (χ2v) is 4.76. The molecule has 0 saturated carbocycles. The highest BCUT2D eigenvalue weighted by Gasteiger charge is 2.05. The second kappa shape index (κ2) is 9.07. The van der Waals surface area contributed by atoms with Gasteiger partial charge in [-0.1, -0.05) is 0 Å². The molecule has 0 spiro atoms. The molecular weight excluding hydrogens is 272 g/mol. The van der Waals surface area contributed by atoms with E-state index in [-0.39, 0.29) is 24.6 Å². The van der Waals surface area contributed by atoms with Crippen molar-refractivity contribution in [2.75, 3.05) is 26.0 Å². The van der Waals surface area contributed by atoms with E-state index in [4.69, 9.17) is 15.7 Å². The van der Waals surface area contributed by atoms with Crippen molar-refractivity contribution in [2.45, 2.75) is 6.92 Å². The minimum Gasteiger partial charge on any atom is -0.483 e. The van der Waals surface area contributed by atoms with E-state index in [1.807, 2.05) is 6.07 Å². The van der Waals surface area contributed by atoms with Crippen LogP contribution in [-0.2, 0) is 19.0 Å². The fourth-order valence-corrected chi connectivity index (χ4v) is 1.24. The van der Waals surface area contributed by atoms with Crippen molar-refractivity contribution in [3.8, 4) is 6.07 Å². The van der Waals surface area contributed by atoms with Crippen molar-refractivity contribution in [1.29, 1.82) is 5.26 Å². The molecule has 9 heteroatoms. The first-order chi connectivity index (χ1) is 8.94. The number of hydrogen-bond acceptors (Lipinski definition) is 7. The van der Waals surface area contributed by atoms with E-state index in [1.54, 1.807) is 6.92 Å². The van der Waals surface area contributed by atoms with Gasteiger partial charge in [0.2, 0.25) is 0 Å². The molecule has 0 heterocycles. The molecule has 0 amide bonds. The summed E-state index contributed by atoms with van der Waals surface area (Å²) in [5.41, 5.74) is 5.31. The molecule has 0 saturated heterocycles. The summed E-state index contributed by atoms with van der Waals surface area (Å²) in [6.07, 6.45) is 3.13. The summed E-state index contributed by atoms with van der Waals surface area (Å²) in [6.45, 7) is 2.07. The lowest BCUT2D eigenvalue weighted by atomic mass is 10.3. The van der Waals surface area contributed by atoms with Gasteiger partial charge in [-0.15, -0.1) is 0 Å². The largest absolute Gasteiger partial charge is 0.483 e. The Labute approximate surface area is 112 Å². The Morgan fingerprint density at radius 2 is 2.21 bits per heavy atom. The predicted molar refractivity (Wildman–Crippen MR) is 71.1 cm³/mol. The number of rotatable bonds is 7. The summed E-state index contributed by atoms with van der Waals surface area (Å²) < 4.78 is 30.8. The summed E-state index contributed by atoms with van der Waals surface area (Å²) >= 11 is 0. The lowest BCUT2D eigenvalue weighted by molar-refractivity contribution is 0.331. The van der Waals surface area contributed by atoms with E-state index in [0.29, 0.717) is 6.61 Å². The van der Waals surface area contributed by atoms with Crippen LogP contribution in [0.2, 0.25) is 0 Å². The molecule has 0 atom stereocenters. The molecule has 0 unspecified atom stereocenters. The SMILES string of the molecule is CCOC=NC(=NCCOS(C)(=O)=O)C(C#N)=CN. The topological polar surface area (TPSA) is 127 Å². The third-order valence-corrected chi connectivity index (χ3v) is 2.19. The van der Waals surface area contributed by atoms with E-state index in [0.717, 1.165) is 18.9 Å². The first kappa shape index (κ1) is 17.1. The van der Waals surface area contributed by atoms with Gasteiger partial charge in [-0.2, -0.15) is 18.7 Å². The Bertz CT molecular complexity index is 502. The summed E-state index contributed by atoms with van der Waals surface area (Å²) in [7, 11) is -3.51. The van der Waals surface area contributed by atoms with Crippen LogP contribution in [0.25, 0.3) is 0 Å². The summed E-state index contributed by atoms with van der Waals surface area (Å²) in [5, 5.41) is 8.82. The number of nitrogens with zero attached hydrogens (tertiary/aromatic N) is 3. The zero-order valence-electron chi connectivity index (χ0n) is 10.7. The van der Waals surface area contributed by atoms with Crippen LogP contribution < -0.4 is 5.73 Å². The lowest BCUT2D eigenvalue weighted by Gasteiger charge is -2.00. The van der Waals surface area contributed by atoms with E-state index in [9.17, 15) is 8.42 Å². The van der Waals surface area contributed by atoms with E-state index in [2.05, 4.69) is 14.2 Å². The highest BCUT2D eigenvalue weighted by molar-refractivity contribution is 7.85. The van der Waals surface area contributed by atoms with Crippen LogP contribution in [0.4, 0.5) is 0 Å². The fourth-order valence-electron chi connectivity index (χ4n) is 0.859. The van der Waals surface area contributed by atoms with E-state index in [1.165, 1.54) is 0 Å². The molecule has 2 N–H and O–H groups in total. The first-order valence-corrected chi connectivity index (χ1v) is 7.11. The molecule has 0 aliphatic carbocycles. The third kappa shape index (κ3) is 8.76. The smallest absolute Gasteiger partial charge is 0.264 e. The van der Waals surface area contributed by atoms with Crippen LogP contribution in [-0.4, -0.2) is 46.7 Å². The standard InChI is InChI=1S/C10H16N4O4S/c1-3-17-8-14-10(9(6-11)7-12)13-4-5-18-19(2,15)16/h6,8H,3-5,11H2,1-2H3. The molecule has 19 heavy (non-hydrogen) atoms. The van der Waals surface area contributed by atoms with Gasteiger partial charge in [0, 0.05) is 6.20 Å². The van der Waals surface area contributed by atoms with E-state index < -0.39 is 10.1 Å². The molecule has 0 aromatic rings. The Hall–Kier alpha value is -1.92. The number of hydrogen-bond donors (Lipinski definition) is 1. The van der Waals surface area contributed by atoms with Gasteiger partial charge in [0.1, 0.15) is 11.6 Å². The molecule has 0 aliphatic heterocycles. The Balaban J connectivity index is 4.71. The average Bonchev–Trinajstić information content (AvgIpc) is 2.34. The minimum atomic E-state index is -3.51. The molecule has 0 aliphatic rings. The van der Waals surface area contributed by atoms with Crippen molar-refractivity contribution in [3.63, 3.8) is 0 Å². The maximum Gasteiger partial charge on any atom is 0.264 e. The number of nitriles is 1. The van der Waals surface area contributed by atoms with Gasteiger partial charge in [0.05, 0.1) is 26.0 Å². The minimum absolute atomic E-state index is 0.0187. The number of amidine groups is 1. The Morgan fingerprint density at radius 3 is 2.68 bits per heavy atom. The van der Waals surface area contributed by atoms with Crippen molar-refractivity contribution in [2.24, 2.45) is 15.7 Å². The molecular formula is C10H16N4O4S. The quantitative estimate of drug-likeness (QED) is 0.227. The average molecular weight is 288 g/mol. The summed E-state index contributed by atoms with van der Waals surface area (Å²) in [6, 6.07) is 1.81. The van der Waals surface area contributed by atoms with Gasteiger partial charge >= 0.3 is 0 Å². The third-order valence-electron chi connectivity index (χ3n) is 1.59. The summed E-state index contributed by atoms with van der Waals surface area (Å²) in [4.78, 5) is 7.74. The van der Waals surface area contributed by atoms with Gasteiger partial charge < -0.3 is 10.5 Å². The van der Waals surface area contributed by atoms with Crippen molar-refractivity contribution in [3.05, 3.63) is 11.8 Å². The van der Waals surface area contributed by atoms with Crippen LogP contribution >= 0.6 is 0 Å². The molecule has 0 aromatic heterocycles. The molecule has 0 rings (SSSR count). The normalized spacial score (nSPS) is 13.5. The molecule has 106 valence electrons. The molecule has 0 bridgehead atoms. The van der Waals surface area contributed by atoms with Gasteiger partial charge in [-0.25, -0.2) is 0 Å². The Morgan fingerprint density at radius 1 is 1.53 bits per heavy atom. The monoisotopic (exact) mass is 288 g/mol. The highest BCUT2D eigenvalue weighted by Crippen LogP contribution is 1.98. The number of aliphatic imine (C=N–C) groups is 2. The maximum atomic E-state index is 10.7. The Kier molecular flexibility index (Phi) is 8.15. The molecule has 0 radical (unpaired) electrons. The maximum absolute atomic E-state index is 10.7.